The molecule has 0 unspecified atom stereocenters. The smallest absolute Gasteiger partial charge is 0.348 e. The molecule has 2 N–H and O–H groups in total. The fourth-order valence-electron chi connectivity index (χ4n) is 1.11. The van der Waals surface area contributed by atoms with Crippen molar-refractivity contribution < 1.29 is 5.11 Å². The summed E-state index contributed by atoms with van der Waals surface area (Å²) in [5.74, 6) is 0.800. The first-order valence-corrected chi connectivity index (χ1v) is 5.46. The average Bonchev–Trinajstić information content (AvgIpc) is 2.61. The third kappa shape index (κ3) is 2.18. The Morgan fingerprint density at radius 1 is 1.60 bits per heavy atom. The summed E-state index contributed by atoms with van der Waals surface area (Å²) in [6, 6.07) is 1.74. The van der Waals surface area contributed by atoms with E-state index in [9.17, 15) is 4.79 Å². The highest BCUT2D eigenvalue weighted by Gasteiger charge is 2.02. The molecule has 0 saturated carbocycles. The monoisotopic (exact) mass is 226 g/mol. The van der Waals surface area contributed by atoms with Crippen LogP contribution in [0.5, 0.6) is 0 Å². The fourth-order valence-corrected chi connectivity index (χ4v) is 1.91. The Morgan fingerprint density at radius 3 is 3.27 bits per heavy atom. The van der Waals surface area contributed by atoms with Crippen LogP contribution in [0.2, 0.25) is 0 Å². The van der Waals surface area contributed by atoms with Crippen LogP contribution in [0.3, 0.4) is 0 Å². The van der Waals surface area contributed by atoms with E-state index < -0.39 is 0 Å². The second kappa shape index (κ2) is 4.45. The molecule has 2 aromatic rings. The van der Waals surface area contributed by atoms with E-state index in [0.29, 0.717) is 5.65 Å². The van der Waals surface area contributed by atoms with Crippen molar-refractivity contribution in [1.82, 2.24) is 19.6 Å². The Hall–Kier alpha value is -1.34. The van der Waals surface area contributed by atoms with E-state index in [4.69, 9.17) is 5.11 Å². The van der Waals surface area contributed by atoms with E-state index in [2.05, 4.69) is 15.2 Å². The molecule has 80 valence electrons. The second-order valence-electron chi connectivity index (χ2n) is 2.91. The highest BCUT2D eigenvalue weighted by Crippen LogP contribution is 2.15. The summed E-state index contributed by atoms with van der Waals surface area (Å²) in [5.41, 5.74) is 0.269. The number of aliphatic hydroxyl groups is 1. The van der Waals surface area contributed by atoms with Crippen molar-refractivity contribution in [2.75, 3.05) is 12.4 Å². The lowest BCUT2D eigenvalue weighted by atomic mass is 10.5. The molecule has 0 atom stereocenters. The van der Waals surface area contributed by atoms with E-state index in [1.54, 1.807) is 6.07 Å². The van der Waals surface area contributed by atoms with Crippen molar-refractivity contribution in [3.63, 3.8) is 0 Å². The van der Waals surface area contributed by atoms with Crippen molar-refractivity contribution in [2.24, 2.45) is 0 Å². The van der Waals surface area contributed by atoms with Crippen LogP contribution in [0, 0.1) is 0 Å². The molecular formula is C8H10N4O2S. The number of aromatic amines is 1. The first kappa shape index (κ1) is 10.2. The number of aliphatic hydroxyl groups excluding tert-OH is 1. The molecule has 15 heavy (non-hydrogen) atoms. The number of nitrogens with zero attached hydrogens (tertiary/aromatic N) is 3. The van der Waals surface area contributed by atoms with Crippen LogP contribution in [0.1, 0.15) is 6.42 Å². The van der Waals surface area contributed by atoms with Gasteiger partial charge in [-0.2, -0.15) is 5.10 Å². The third-order valence-corrected chi connectivity index (χ3v) is 2.85. The van der Waals surface area contributed by atoms with E-state index in [1.165, 1.54) is 22.5 Å². The summed E-state index contributed by atoms with van der Waals surface area (Å²) in [7, 11) is 0. The summed E-state index contributed by atoms with van der Waals surface area (Å²) in [5, 5.41) is 15.6. The largest absolute Gasteiger partial charge is 0.396 e. The van der Waals surface area contributed by atoms with Crippen LogP contribution in [-0.4, -0.2) is 37.0 Å². The molecule has 2 aromatic heterocycles. The van der Waals surface area contributed by atoms with Crippen molar-refractivity contribution in [3.05, 3.63) is 22.9 Å². The summed E-state index contributed by atoms with van der Waals surface area (Å²) >= 11 is 1.53. The van der Waals surface area contributed by atoms with Crippen LogP contribution in [0.25, 0.3) is 5.65 Å². The molecule has 0 aliphatic rings. The number of fused-ring (bicyclic) bond motifs is 1. The van der Waals surface area contributed by atoms with E-state index in [-0.39, 0.29) is 12.3 Å². The molecule has 0 radical (unpaired) electrons. The van der Waals surface area contributed by atoms with Crippen molar-refractivity contribution >= 4 is 17.4 Å². The maximum atomic E-state index is 11.1. The molecule has 0 fully saturated rings. The van der Waals surface area contributed by atoms with Gasteiger partial charge in [-0.25, -0.2) is 19.3 Å². The quantitative estimate of drug-likeness (QED) is 0.432. The molecular weight excluding hydrogens is 216 g/mol. The molecule has 2 heterocycles. The van der Waals surface area contributed by atoms with Crippen LogP contribution in [-0.2, 0) is 0 Å². The van der Waals surface area contributed by atoms with Crippen molar-refractivity contribution in [1.29, 1.82) is 0 Å². The SMILES string of the molecule is O=c1[nH]nc2cc(SCCCO)ncn12. The number of H-pyrrole nitrogens is 1. The third-order valence-electron chi connectivity index (χ3n) is 1.84. The molecule has 7 heteroatoms. The minimum absolute atomic E-state index is 0.178. The van der Waals surface area contributed by atoms with Gasteiger partial charge in [0.25, 0.3) is 0 Å². The van der Waals surface area contributed by atoms with Gasteiger partial charge in [-0.05, 0) is 6.42 Å². The molecule has 0 aliphatic carbocycles. The Balaban J connectivity index is 2.20. The van der Waals surface area contributed by atoms with Crippen LogP contribution >= 0.6 is 11.8 Å². The minimum atomic E-state index is -0.288. The number of aromatic nitrogens is 4. The van der Waals surface area contributed by atoms with Crippen LogP contribution in [0.15, 0.2) is 22.2 Å². The second-order valence-corrected chi connectivity index (χ2v) is 4.02. The number of rotatable bonds is 4. The standard InChI is InChI=1S/C8H10N4O2S/c13-2-1-3-15-7-4-6-10-11-8(14)12(6)5-9-7/h4-5,13H,1-3H2,(H,11,14). The van der Waals surface area contributed by atoms with Gasteiger partial charge < -0.3 is 5.11 Å². The summed E-state index contributed by atoms with van der Waals surface area (Å²) in [6.45, 7) is 0.178. The van der Waals surface area contributed by atoms with Crippen molar-refractivity contribution in [2.45, 2.75) is 11.4 Å². The molecule has 0 aliphatic heterocycles. The molecule has 0 aromatic carbocycles. The molecule has 0 amide bonds. The molecule has 2 rings (SSSR count). The lowest BCUT2D eigenvalue weighted by molar-refractivity contribution is 0.296. The highest BCUT2D eigenvalue weighted by molar-refractivity contribution is 7.99. The zero-order chi connectivity index (χ0) is 10.7. The normalized spacial score (nSPS) is 11.0. The van der Waals surface area contributed by atoms with Gasteiger partial charge in [0, 0.05) is 18.4 Å². The summed E-state index contributed by atoms with van der Waals surface area (Å²) < 4.78 is 1.34. The molecule has 0 saturated heterocycles. The number of thioether (sulfide) groups is 1. The zero-order valence-corrected chi connectivity index (χ0v) is 8.70. The van der Waals surface area contributed by atoms with Gasteiger partial charge in [0.05, 0.1) is 0 Å². The molecule has 6 nitrogen and oxygen atoms in total. The van der Waals surface area contributed by atoms with Gasteiger partial charge in [0.2, 0.25) is 0 Å². The maximum Gasteiger partial charge on any atom is 0.348 e. The number of nitrogens with one attached hydrogen (secondary N) is 1. The molecule has 0 bridgehead atoms. The van der Waals surface area contributed by atoms with E-state index in [1.807, 2.05) is 0 Å². The number of hydrogen-bond acceptors (Lipinski definition) is 5. The predicted molar refractivity (Wildman–Crippen MR) is 56.0 cm³/mol. The topological polar surface area (TPSA) is 83.3 Å². The summed E-state index contributed by atoms with van der Waals surface area (Å²) in [6.07, 6.45) is 2.17. The lowest BCUT2D eigenvalue weighted by Gasteiger charge is -1.98. The van der Waals surface area contributed by atoms with Gasteiger partial charge in [-0.3, -0.25) is 0 Å². The van der Waals surface area contributed by atoms with Crippen LogP contribution < -0.4 is 5.69 Å². The summed E-state index contributed by atoms with van der Waals surface area (Å²) in [4.78, 5) is 15.2. The van der Waals surface area contributed by atoms with E-state index >= 15 is 0 Å². The first-order valence-electron chi connectivity index (χ1n) is 4.47. The van der Waals surface area contributed by atoms with Gasteiger partial charge in [0.1, 0.15) is 11.4 Å². The maximum absolute atomic E-state index is 11.1. The van der Waals surface area contributed by atoms with Gasteiger partial charge in [0.15, 0.2) is 5.65 Å². The number of hydrogen-bond donors (Lipinski definition) is 2. The molecule has 0 spiro atoms. The predicted octanol–water partition coefficient (Wildman–Crippen LogP) is -0.108. The van der Waals surface area contributed by atoms with Crippen molar-refractivity contribution in [3.8, 4) is 0 Å². The fraction of sp³-hybridized carbons (Fsp3) is 0.375. The lowest BCUT2D eigenvalue weighted by Crippen LogP contribution is -2.09. The Morgan fingerprint density at radius 2 is 2.47 bits per heavy atom. The minimum Gasteiger partial charge on any atom is -0.396 e. The van der Waals surface area contributed by atoms with Gasteiger partial charge in [-0.1, -0.05) is 0 Å². The van der Waals surface area contributed by atoms with E-state index in [0.717, 1.165) is 17.2 Å². The van der Waals surface area contributed by atoms with Gasteiger partial charge in [-0.15, -0.1) is 11.8 Å². The van der Waals surface area contributed by atoms with Gasteiger partial charge >= 0.3 is 5.69 Å². The Kier molecular flexibility index (Phi) is 3.02. The Bertz CT molecular complexity index is 507. The Labute approximate surface area is 89.4 Å². The first-order chi connectivity index (χ1) is 7.31. The highest BCUT2D eigenvalue weighted by atomic mass is 32.2. The average molecular weight is 226 g/mol. The van der Waals surface area contributed by atoms with Crippen LogP contribution in [0.4, 0.5) is 0 Å². The zero-order valence-electron chi connectivity index (χ0n) is 7.88.